The lowest BCUT2D eigenvalue weighted by Gasteiger charge is -2.19. The number of ether oxygens (including phenoxy) is 1. The summed E-state index contributed by atoms with van der Waals surface area (Å²) in [5, 5.41) is 3.05. The molecule has 0 fully saturated rings. The van der Waals surface area contributed by atoms with E-state index in [1.807, 2.05) is 6.92 Å². The smallest absolute Gasteiger partial charge is 0.168 e. The van der Waals surface area contributed by atoms with Crippen LogP contribution in [-0.4, -0.2) is 14.2 Å². The summed E-state index contributed by atoms with van der Waals surface area (Å²) < 4.78 is 33.2. The van der Waals surface area contributed by atoms with Crippen molar-refractivity contribution in [2.24, 2.45) is 0 Å². The Morgan fingerprint density at radius 1 is 1.19 bits per heavy atom. The average Bonchev–Trinajstić information content (AvgIpc) is 2.49. The molecule has 0 aliphatic heterocycles. The first-order chi connectivity index (χ1) is 10.1. The first-order valence-electron chi connectivity index (χ1n) is 6.81. The summed E-state index contributed by atoms with van der Waals surface area (Å²) in [6.45, 7) is 1.90. The van der Waals surface area contributed by atoms with Crippen molar-refractivity contribution in [2.75, 3.05) is 14.2 Å². The number of hydrogen-bond acceptors (Lipinski definition) is 2. The Balaban J connectivity index is 2.33. The van der Waals surface area contributed by atoms with Gasteiger partial charge in [-0.15, -0.1) is 0 Å². The van der Waals surface area contributed by atoms with Crippen molar-refractivity contribution in [3.05, 3.63) is 64.7 Å². The quantitative estimate of drug-likeness (QED) is 0.905. The molecule has 0 aliphatic rings. The molecule has 2 nitrogen and oxygen atoms in total. The first kappa shape index (κ1) is 15.4. The number of benzene rings is 2. The number of likely N-dealkylation sites (N-methyl/N-ethyl adjacent to an activating group) is 1. The molecule has 0 amide bonds. The summed E-state index contributed by atoms with van der Waals surface area (Å²) in [5.74, 6) is -0.483. The number of hydrogen-bond donors (Lipinski definition) is 1. The Bertz CT molecular complexity index is 628. The molecular weight excluding hydrogens is 272 g/mol. The molecule has 0 saturated carbocycles. The van der Waals surface area contributed by atoms with Crippen LogP contribution in [-0.2, 0) is 6.42 Å². The summed E-state index contributed by atoms with van der Waals surface area (Å²) in [4.78, 5) is 0. The molecule has 4 heteroatoms. The van der Waals surface area contributed by atoms with Gasteiger partial charge in [0.2, 0.25) is 0 Å². The Morgan fingerprint density at radius 3 is 2.62 bits per heavy atom. The van der Waals surface area contributed by atoms with Gasteiger partial charge >= 0.3 is 0 Å². The molecule has 1 atom stereocenters. The number of halogens is 2. The summed E-state index contributed by atoms with van der Waals surface area (Å²) >= 11 is 0. The van der Waals surface area contributed by atoms with Gasteiger partial charge in [-0.25, -0.2) is 8.78 Å². The second kappa shape index (κ2) is 6.68. The van der Waals surface area contributed by atoms with Crippen LogP contribution in [0.3, 0.4) is 0 Å². The highest BCUT2D eigenvalue weighted by Gasteiger charge is 2.18. The van der Waals surface area contributed by atoms with Crippen LogP contribution in [0.2, 0.25) is 0 Å². The predicted octanol–water partition coefficient (Wildman–Crippen LogP) is 3.79. The average molecular weight is 291 g/mol. The SMILES string of the molecule is CNC(Cc1cccc(OC)c1F)c1cc(C)ccc1F. The zero-order chi connectivity index (χ0) is 15.4. The van der Waals surface area contributed by atoms with Crippen molar-refractivity contribution < 1.29 is 13.5 Å². The van der Waals surface area contributed by atoms with E-state index in [2.05, 4.69) is 5.32 Å². The van der Waals surface area contributed by atoms with Gasteiger partial charge in [0.25, 0.3) is 0 Å². The lowest BCUT2D eigenvalue weighted by Crippen LogP contribution is -2.21. The van der Waals surface area contributed by atoms with Crippen LogP contribution in [0.4, 0.5) is 8.78 Å². The van der Waals surface area contributed by atoms with Gasteiger partial charge in [-0.1, -0.05) is 29.8 Å². The maximum atomic E-state index is 14.2. The molecule has 2 aromatic rings. The van der Waals surface area contributed by atoms with E-state index in [1.165, 1.54) is 13.2 Å². The maximum Gasteiger partial charge on any atom is 0.168 e. The van der Waals surface area contributed by atoms with E-state index in [0.29, 0.717) is 17.5 Å². The highest BCUT2D eigenvalue weighted by atomic mass is 19.1. The number of methoxy groups -OCH3 is 1. The molecule has 1 N–H and O–H groups in total. The second-order valence-corrected chi connectivity index (χ2v) is 5.00. The number of rotatable bonds is 5. The fourth-order valence-corrected chi connectivity index (χ4v) is 2.39. The Hall–Kier alpha value is -1.94. The molecule has 0 heterocycles. The van der Waals surface area contributed by atoms with Gasteiger partial charge in [0.05, 0.1) is 7.11 Å². The summed E-state index contributed by atoms with van der Waals surface area (Å²) in [6.07, 6.45) is 0.347. The van der Waals surface area contributed by atoms with Crippen molar-refractivity contribution in [3.63, 3.8) is 0 Å². The van der Waals surface area contributed by atoms with Crippen LogP contribution >= 0.6 is 0 Å². The summed E-state index contributed by atoms with van der Waals surface area (Å²) in [6, 6.07) is 9.64. The van der Waals surface area contributed by atoms with E-state index >= 15 is 0 Å². The van der Waals surface area contributed by atoms with Gasteiger partial charge in [0.15, 0.2) is 11.6 Å². The van der Waals surface area contributed by atoms with Gasteiger partial charge in [-0.2, -0.15) is 0 Å². The molecule has 2 aromatic carbocycles. The fourth-order valence-electron chi connectivity index (χ4n) is 2.39. The molecule has 0 radical (unpaired) electrons. The van der Waals surface area contributed by atoms with E-state index in [4.69, 9.17) is 4.74 Å². The van der Waals surface area contributed by atoms with E-state index in [0.717, 1.165) is 5.56 Å². The third kappa shape index (κ3) is 3.39. The molecule has 2 rings (SSSR count). The van der Waals surface area contributed by atoms with E-state index in [1.54, 1.807) is 37.4 Å². The van der Waals surface area contributed by atoms with Crippen LogP contribution in [0.5, 0.6) is 5.75 Å². The minimum absolute atomic E-state index is 0.201. The van der Waals surface area contributed by atoms with Crippen molar-refractivity contribution in [1.82, 2.24) is 5.32 Å². The van der Waals surface area contributed by atoms with E-state index in [-0.39, 0.29) is 17.6 Å². The highest BCUT2D eigenvalue weighted by Crippen LogP contribution is 2.26. The molecule has 112 valence electrons. The van der Waals surface area contributed by atoms with Crippen LogP contribution in [0, 0.1) is 18.6 Å². The standard InChI is InChI=1S/C17H19F2NO/c1-11-7-8-14(18)13(9-11)15(20-2)10-12-5-4-6-16(21-3)17(12)19/h4-9,15,20H,10H2,1-3H3. The Morgan fingerprint density at radius 2 is 1.95 bits per heavy atom. The van der Waals surface area contributed by atoms with Gasteiger partial charge < -0.3 is 10.1 Å². The third-order valence-corrected chi connectivity index (χ3v) is 3.56. The first-order valence-corrected chi connectivity index (χ1v) is 6.81. The molecule has 0 aromatic heterocycles. The summed E-state index contributed by atoms with van der Waals surface area (Å²) in [7, 11) is 3.17. The molecule has 0 spiro atoms. The molecule has 0 saturated heterocycles. The Labute approximate surface area is 123 Å². The predicted molar refractivity (Wildman–Crippen MR) is 79.6 cm³/mol. The van der Waals surface area contributed by atoms with Crippen molar-refractivity contribution in [1.29, 1.82) is 0 Å². The van der Waals surface area contributed by atoms with Gasteiger partial charge in [-0.05, 0) is 38.1 Å². The van der Waals surface area contributed by atoms with Crippen molar-refractivity contribution in [3.8, 4) is 5.75 Å². The minimum Gasteiger partial charge on any atom is -0.494 e. The van der Waals surface area contributed by atoms with Crippen LogP contribution in [0.1, 0.15) is 22.7 Å². The van der Waals surface area contributed by atoms with Crippen molar-refractivity contribution in [2.45, 2.75) is 19.4 Å². The second-order valence-electron chi connectivity index (χ2n) is 5.00. The molecule has 21 heavy (non-hydrogen) atoms. The van der Waals surface area contributed by atoms with Crippen LogP contribution in [0.25, 0.3) is 0 Å². The zero-order valence-corrected chi connectivity index (χ0v) is 12.4. The highest BCUT2D eigenvalue weighted by molar-refractivity contribution is 5.34. The van der Waals surface area contributed by atoms with Gasteiger partial charge in [-0.3, -0.25) is 0 Å². The molecule has 1 unspecified atom stereocenters. The topological polar surface area (TPSA) is 21.3 Å². The third-order valence-electron chi connectivity index (χ3n) is 3.56. The van der Waals surface area contributed by atoms with E-state index < -0.39 is 5.82 Å². The molecule has 0 bridgehead atoms. The van der Waals surface area contributed by atoms with E-state index in [9.17, 15) is 8.78 Å². The lowest BCUT2D eigenvalue weighted by atomic mass is 9.96. The largest absolute Gasteiger partial charge is 0.494 e. The zero-order valence-electron chi connectivity index (χ0n) is 12.4. The normalized spacial score (nSPS) is 12.2. The number of nitrogens with one attached hydrogen (secondary N) is 1. The molecular formula is C17H19F2NO. The van der Waals surface area contributed by atoms with Gasteiger partial charge in [0, 0.05) is 11.6 Å². The lowest BCUT2D eigenvalue weighted by molar-refractivity contribution is 0.382. The minimum atomic E-state index is -0.395. The molecule has 0 aliphatic carbocycles. The number of aryl methyl sites for hydroxylation is 1. The monoisotopic (exact) mass is 291 g/mol. The van der Waals surface area contributed by atoms with Crippen molar-refractivity contribution >= 4 is 0 Å². The fraction of sp³-hybridized carbons (Fsp3) is 0.294. The Kier molecular flexibility index (Phi) is 4.91. The summed E-state index contributed by atoms with van der Waals surface area (Å²) in [5.41, 5.74) is 2.01. The van der Waals surface area contributed by atoms with Gasteiger partial charge in [0.1, 0.15) is 5.82 Å². The maximum absolute atomic E-state index is 14.2. The van der Waals surface area contributed by atoms with Crippen LogP contribution < -0.4 is 10.1 Å². The van der Waals surface area contributed by atoms with Crippen LogP contribution in [0.15, 0.2) is 36.4 Å².